The molecule has 0 heterocycles. The Balaban J connectivity index is 2.37. The Morgan fingerprint density at radius 2 is 1.90 bits per heavy atom. The highest BCUT2D eigenvalue weighted by Gasteiger charge is 2.27. The number of halogens is 4. The van der Waals surface area contributed by atoms with Crippen molar-refractivity contribution < 1.29 is 27.0 Å². The van der Waals surface area contributed by atoms with Gasteiger partial charge in [-0.1, -0.05) is 6.92 Å². The molecule has 1 rings (SSSR count). The second kappa shape index (κ2) is 8.84. The summed E-state index contributed by atoms with van der Waals surface area (Å²) in [6, 6.07) is 4.22. The van der Waals surface area contributed by atoms with Gasteiger partial charge in [-0.15, -0.1) is 0 Å². The van der Waals surface area contributed by atoms with Gasteiger partial charge < -0.3 is 14.8 Å². The van der Waals surface area contributed by atoms with Gasteiger partial charge in [-0.3, -0.25) is 0 Å². The Bertz CT molecular complexity index is 424. The van der Waals surface area contributed by atoms with E-state index in [9.17, 15) is 17.6 Å². The van der Waals surface area contributed by atoms with Crippen LogP contribution in [0.4, 0.5) is 17.6 Å². The fraction of sp³-hybridized carbons (Fsp3) is 0.571. The Morgan fingerprint density at radius 3 is 2.57 bits per heavy atom. The molecule has 3 nitrogen and oxygen atoms in total. The van der Waals surface area contributed by atoms with Crippen molar-refractivity contribution in [2.24, 2.45) is 0 Å². The average molecular weight is 309 g/mol. The molecule has 0 saturated carbocycles. The van der Waals surface area contributed by atoms with Crippen LogP contribution in [-0.4, -0.2) is 32.5 Å². The molecule has 0 saturated heterocycles. The standard InChI is InChI=1S/C14H19F4NO2/c1-2-3-19-9-11-6-12(15)8-13(7-11)21-5-4-20-10-14(16,17)18/h6-8,19H,2-5,9-10H2,1H3. The molecule has 0 fully saturated rings. The third-order valence-corrected chi connectivity index (χ3v) is 2.45. The van der Waals surface area contributed by atoms with Crippen LogP contribution in [0.3, 0.4) is 0 Å². The molecule has 0 aliphatic carbocycles. The van der Waals surface area contributed by atoms with Crippen LogP contribution < -0.4 is 10.1 Å². The summed E-state index contributed by atoms with van der Waals surface area (Å²) in [4.78, 5) is 0. The van der Waals surface area contributed by atoms with Gasteiger partial charge in [0.25, 0.3) is 0 Å². The quantitative estimate of drug-likeness (QED) is 0.561. The highest BCUT2D eigenvalue weighted by molar-refractivity contribution is 5.29. The van der Waals surface area contributed by atoms with Crippen molar-refractivity contribution in [3.63, 3.8) is 0 Å². The molecular formula is C14H19F4NO2. The molecule has 0 bridgehead atoms. The molecule has 7 heteroatoms. The summed E-state index contributed by atoms with van der Waals surface area (Å²) in [7, 11) is 0. The van der Waals surface area contributed by atoms with E-state index in [0.29, 0.717) is 6.54 Å². The lowest BCUT2D eigenvalue weighted by Gasteiger charge is -2.10. The van der Waals surface area contributed by atoms with Gasteiger partial charge in [0.15, 0.2) is 0 Å². The molecule has 0 unspecified atom stereocenters. The molecule has 0 atom stereocenters. The Morgan fingerprint density at radius 1 is 1.14 bits per heavy atom. The van der Waals surface area contributed by atoms with Crippen molar-refractivity contribution in [3.05, 3.63) is 29.6 Å². The predicted octanol–water partition coefficient (Wildman–Crippen LogP) is 3.28. The minimum atomic E-state index is -4.35. The van der Waals surface area contributed by atoms with E-state index < -0.39 is 18.6 Å². The van der Waals surface area contributed by atoms with Crippen molar-refractivity contribution in [3.8, 4) is 5.75 Å². The van der Waals surface area contributed by atoms with Crippen molar-refractivity contribution >= 4 is 0 Å². The lowest BCUT2D eigenvalue weighted by Crippen LogP contribution is -2.19. The first-order valence-corrected chi connectivity index (χ1v) is 6.68. The van der Waals surface area contributed by atoms with E-state index in [2.05, 4.69) is 10.1 Å². The van der Waals surface area contributed by atoms with Crippen LogP contribution in [0, 0.1) is 5.82 Å². The molecule has 120 valence electrons. The van der Waals surface area contributed by atoms with Gasteiger partial charge in [0.1, 0.15) is 24.8 Å². The summed E-state index contributed by atoms with van der Waals surface area (Å²) in [5, 5.41) is 3.13. The number of hydrogen-bond acceptors (Lipinski definition) is 3. The molecule has 0 amide bonds. The molecule has 1 aromatic carbocycles. The van der Waals surface area contributed by atoms with E-state index in [1.165, 1.54) is 12.1 Å². The highest BCUT2D eigenvalue weighted by atomic mass is 19.4. The van der Waals surface area contributed by atoms with Crippen molar-refractivity contribution in [2.45, 2.75) is 26.1 Å². The first kappa shape index (κ1) is 17.7. The number of nitrogens with one attached hydrogen (secondary N) is 1. The maximum Gasteiger partial charge on any atom is 0.411 e. The van der Waals surface area contributed by atoms with Crippen LogP contribution >= 0.6 is 0 Å². The SMILES string of the molecule is CCCNCc1cc(F)cc(OCCOCC(F)(F)F)c1. The van der Waals surface area contributed by atoms with E-state index in [1.54, 1.807) is 6.07 Å². The van der Waals surface area contributed by atoms with Gasteiger partial charge in [0.05, 0.1) is 6.61 Å². The molecule has 21 heavy (non-hydrogen) atoms. The second-order valence-corrected chi connectivity index (χ2v) is 4.49. The summed E-state index contributed by atoms with van der Waals surface area (Å²) in [5.74, 6) is -0.170. The zero-order valence-corrected chi connectivity index (χ0v) is 11.8. The molecule has 0 aromatic heterocycles. The summed E-state index contributed by atoms with van der Waals surface area (Å²) in [6.45, 7) is 1.76. The fourth-order valence-corrected chi connectivity index (χ4v) is 1.62. The van der Waals surface area contributed by atoms with Gasteiger partial charge in [0, 0.05) is 12.6 Å². The monoisotopic (exact) mass is 309 g/mol. The summed E-state index contributed by atoms with van der Waals surface area (Å²) in [5.41, 5.74) is 0.717. The average Bonchev–Trinajstić information content (AvgIpc) is 2.37. The molecule has 1 aromatic rings. The fourth-order valence-electron chi connectivity index (χ4n) is 1.62. The number of alkyl halides is 3. The van der Waals surface area contributed by atoms with Crippen LogP contribution in [0.1, 0.15) is 18.9 Å². The van der Waals surface area contributed by atoms with Gasteiger partial charge in [-0.05, 0) is 30.7 Å². The molecule has 0 radical (unpaired) electrons. The zero-order chi connectivity index (χ0) is 15.7. The van der Waals surface area contributed by atoms with E-state index in [0.717, 1.165) is 18.5 Å². The summed E-state index contributed by atoms with van der Waals surface area (Å²) in [6.07, 6.45) is -3.38. The number of benzene rings is 1. The number of hydrogen-bond donors (Lipinski definition) is 1. The van der Waals surface area contributed by atoms with Crippen LogP contribution in [0.25, 0.3) is 0 Å². The number of ether oxygens (including phenoxy) is 2. The predicted molar refractivity (Wildman–Crippen MR) is 70.8 cm³/mol. The van der Waals surface area contributed by atoms with Crippen molar-refractivity contribution in [2.75, 3.05) is 26.4 Å². The van der Waals surface area contributed by atoms with Gasteiger partial charge in [-0.2, -0.15) is 13.2 Å². The minimum absolute atomic E-state index is 0.0681. The Labute approximate surface area is 121 Å². The second-order valence-electron chi connectivity index (χ2n) is 4.49. The smallest absolute Gasteiger partial charge is 0.411 e. The lowest BCUT2D eigenvalue weighted by atomic mass is 10.2. The van der Waals surface area contributed by atoms with Crippen LogP contribution in [0.15, 0.2) is 18.2 Å². The molecule has 0 spiro atoms. The first-order chi connectivity index (χ1) is 9.90. The van der Waals surface area contributed by atoms with E-state index >= 15 is 0 Å². The molecule has 0 aliphatic heterocycles. The molecule has 0 aliphatic rings. The van der Waals surface area contributed by atoms with Gasteiger partial charge >= 0.3 is 6.18 Å². The normalized spacial score (nSPS) is 11.7. The largest absolute Gasteiger partial charge is 0.491 e. The lowest BCUT2D eigenvalue weighted by molar-refractivity contribution is -0.175. The topological polar surface area (TPSA) is 30.5 Å². The Hall–Kier alpha value is -1.34. The maximum atomic E-state index is 13.4. The highest BCUT2D eigenvalue weighted by Crippen LogP contribution is 2.17. The van der Waals surface area contributed by atoms with Gasteiger partial charge in [0.2, 0.25) is 0 Å². The van der Waals surface area contributed by atoms with E-state index in [-0.39, 0.29) is 19.0 Å². The summed E-state index contributed by atoms with van der Waals surface area (Å²) < 4.78 is 58.5. The van der Waals surface area contributed by atoms with E-state index in [1.807, 2.05) is 6.92 Å². The van der Waals surface area contributed by atoms with Crippen LogP contribution in [0.5, 0.6) is 5.75 Å². The zero-order valence-electron chi connectivity index (χ0n) is 11.8. The minimum Gasteiger partial charge on any atom is -0.491 e. The van der Waals surface area contributed by atoms with Crippen molar-refractivity contribution in [1.29, 1.82) is 0 Å². The molecular weight excluding hydrogens is 290 g/mol. The maximum absolute atomic E-state index is 13.4. The third kappa shape index (κ3) is 8.52. The molecule has 1 N–H and O–H groups in total. The van der Waals surface area contributed by atoms with Crippen LogP contribution in [-0.2, 0) is 11.3 Å². The van der Waals surface area contributed by atoms with Gasteiger partial charge in [-0.25, -0.2) is 4.39 Å². The van der Waals surface area contributed by atoms with Crippen molar-refractivity contribution in [1.82, 2.24) is 5.32 Å². The summed E-state index contributed by atoms with van der Waals surface area (Å²) >= 11 is 0. The Kier molecular flexibility index (Phi) is 7.45. The van der Waals surface area contributed by atoms with Crippen LogP contribution in [0.2, 0.25) is 0 Å². The van der Waals surface area contributed by atoms with E-state index in [4.69, 9.17) is 4.74 Å². The third-order valence-electron chi connectivity index (χ3n) is 2.45. The first-order valence-electron chi connectivity index (χ1n) is 6.68. The number of rotatable bonds is 9.